The lowest BCUT2D eigenvalue weighted by Gasteiger charge is -2.10. The van der Waals surface area contributed by atoms with Crippen molar-refractivity contribution in [2.45, 2.75) is 26.5 Å². The zero-order valence-electron chi connectivity index (χ0n) is 11.4. The maximum Gasteiger partial charge on any atom is 0.189 e. The highest BCUT2D eigenvalue weighted by Crippen LogP contribution is 2.28. The van der Waals surface area contributed by atoms with Crippen molar-refractivity contribution >= 4 is 0 Å². The first-order chi connectivity index (χ1) is 9.78. The Morgan fingerprint density at radius 2 is 2.20 bits per heavy atom. The largest absolute Gasteiger partial charge is 0.493 e. The summed E-state index contributed by atoms with van der Waals surface area (Å²) in [6.07, 6.45) is 0.943. The Labute approximate surface area is 116 Å². The molecule has 104 valence electrons. The van der Waals surface area contributed by atoms with Crippen LogP contribution in [0, 0.1) is 11.3 Å². The summed E-state index contributed by atoms with van der Waals surface area (Å²) < 4.78 is 12.6. The first-order valence-corrected chi connectivity index (χ1v) is 6.24. The van der Waals surface area contributed by atoms with E-state index in [9.17, 15) is 0 Å². The van der Waals surface area contributed by atoms with E-state index in [-0.39, 0.29) is 6.61 Å². The van der Waals surface area contributed by atoms with E-state index in [1.54, 1.807) is 22.9 Å². The topological polar surface area (TPSA) is 85.9 Å². The summed E-state index contributed by atoms with van der Waals surface area (Å²) in [7, 11) is 1.53. The van der Waals surface area contributed by atoms with Gasteiger partial charge in [-0.3, -0.25) is 0 Å². The molecule has 0 aliphatic heterocycles. The Bertz CT molecular complexity index is 617. The standard InChI is InChI=1S/C13H15N5O2/c1-3-6-18-13(15-16-17-18)9-20-11-5-4-10(8-14)7-12(11)19-2/h4-5,7H,3,6,9H2,1-2H3. The van der Waals surface area contributed by atoms with Gasteiger partial charge in [0.1, 0.15) is 6.61 Å². The van der Waals surface area contributed by atoms with Crippen LogP contribution in [-0.2, 0) is 13.2 Å². The molecule has 0 saturated carbocycles. The number of methoxy groups -OCH3 is 1. The van der Waals surface area contributed by atoms with E-state index < -0.39 is 0 Å². The van der Waals surface area contributed by atoms with Crippen molar-refractivity contribution in [2.24, 2.45) is 0 Å². The predicted octanol–water partition coefficient (Wildman–Crippen LogP) is 1.54. The monoisotopic (exact) mass is 273 g/mol. The number of rotatable bonds is 6. The minimum atomic E-state index is 0.245. The third kappa shape index (κ3) is 3.03. The molecule has 0 aliphatic rings. The summed E-state index contributed by atoms with van der Waals surface area (Å²) in [5.41, 5.74) is 0.519. The van der Waals surface area contributed by atoms with Gasteiger partial charge in [-0.1, -0.05) is 6.92 Å². The van der Waals surface area contributed by atoms with Crippen molar-refractivity contribution in [1.29, 1.82) is 5.26 Å². The summed E-state index contributed by atoms with van der Waals surface area (Å²) in [4.78, 5) is 0. The lowest BCUT2D eigenvalue weighted by atomic mass is 10.2. The molecule has 1 aromatic heterocycles. The molecule has 0 aliphatic carbocycles. The summed E-state index contributed by atoms with van der Waals surface area (Å²) in [5.74, 6) is 1.72. The minimum Gasteiger partial charge on any atom is -0.493 e. The Morgan fingerprint density at radius 1 is 1.35 bits per heavy atom. The zero-order chi connectivity index (χ0) is 14.4. The molecule has 1 aromatic carbocycles. The number of nitriles is 1. The highest BCUT2D eigenvalue weighted by atomic mass is 16.5. The first-order valence-electron chi connectivity index (χ1n) is 6.24. The van der Waals surface area contributed by atoms with E-state index in [4.69, 9.17) is 14.7 Å². The van der Waals surface area contributed by atoms with Gasteiger partial charge in [-0.25, -0.2) is 4.68 Å². The second-order valence-corrected chi connectivity index (χ2v) is 4.08. The summed E-state index contributed by atoms with van der Waals surface area (Å²) in [6.45, 7) is 3.04. The predicted molar refractivity (Wildman–Crippen MR) is 70.1 cm³/mol. The van der Waals surface area contributed by atoms with Crippen LogP contribution in [0.25, 0.3) is 0 Å². The molecule has 0 unspecified atom stereocenters. The van der Waals surface area contributed by atoms with E-state index in [0.717, 1.165) is 13.0 Å². The molecule has 0 bridgehead atoms. The molecule has 7 nitrogen and oxygen atoms in total. The molecule has 0 fully saturated rings. The van der Waals surface area contributed by atoms with Crippen molar-refractivity contribution in [3.63, 3.8) is 0 Å². The second-order valence-electron chi connectivity index (χ2n) is 4.08. The molecule has 20 heavy (non-hydrogen) atoms. The van der Waals surface area contributed by atoms with Crippen LogP contribution in [0.15, 0.2) is 18.2 Å². The summed E-state index contributed by atoms with van der Waals surface area (Å²) in [5, 5.41) is 20.3. The highest BCUT2D eigenvalue weighted by Gasteiger charge is 2.09. The normalized spacial score (nSPS) is 10.1. The van der Waals surface area contributed by atoms with Gasteiger partial charge in [0.15, 0.2) is 17.3 Å². The maximum absolute atomic E-state index is 8.85. The molecular weight excluding hydrogens is 258 g/mol. The number of tetrazole rings is 1. The number of benzene rings is 1. The fourth-order valence-corrected chi connectivity index (χ4v) is 1.71. The van der Waals surface area contributed by atoms with Crippen LogP contribution in [0.1, 0.15) is 24.7 Å². The van der Waals surface area contributed by atoms with Gasteiger partial charge >= 0.3 is 0 Å². The molecule has 1 heterocycles. The molecular formula is C13H15N5O2. The highest BCUT2D eigenvalue weighted by molar-refractivity contribution is 5.46. The third-order valence-corrected chi connectivity index (χ3v) is 2.69. The lowest BCUT2D eigenvalue weighted by Crippen LogP contribution is -2.08. The molecule has 0 spiro atoms. The molecule has 0 amide bonds. The van der Waals surface area contributed by atoms with Gasteiger partial charge in [-0.05, 0) is 29.0 Å². The Balaban J connectivity index is 2.10. The average Bonchev–Trinajstić information content (AvgIpc) is 2.92. The molecule has 7 heteroatoms. The maximum atomic E-state index is 8.85. The van der Waals surface area contributed by atoms with Crippen LogP contribution in [0.5, 0.6) is 11.5 Å². The minimum absolute atomic E-state index is 0.245. The fraction of sp³-hybridized carbons (Fsp3) is 0.385. The van der Waals surface area contributed by atoms with E-state index in [0.29, 0.717) is 22.9 Å². The van der Waals surface area contributed by atoms with Gasteiger partial charge in [0.05, 0.1) is 18.7 Å². The summed E-state index contributed by atoms with van der Waals surface area (Å²) in [6, 6.07) is 7.05. The van der Waals surface area contributed by atoms with Gasteiger partial charge in [0.25, 0.3) is 0 Å². The van der Waals surface area contributed by atoms with E-state index in [2.05, 4.69) is 28.5 Å². The van der Waals surface area contributed by atoms with Crippen LogP contribution in [-0.4, -0.2) is 27.3 Å². The summed E-state index contributed by atoms with van der Waals surface area (Å²) >= 11 is 0. The quantitative estimate of drug-likeness (QED) is 0.793. The molecule has 0 saturated heterocycles. The van der Waals surface area contributed by atoms with Gasteiger partial charge in [-0.15, -0.1) is 5.10 Å². The number of aromatic nitrogens is 4. The molecule has 0 radical (unpaired) electrons. The second kappa shape index (κ2) is 6.52. The number of aryl methyl sites for hydroxylation is 1. The van der Waals surface area contributed by atoms with Crippen LogP contribution in [0.3, 0.4) is 0 Å². The van der Waals surface area contributed by atoms with Crippen molar-refractivity contribution in [1.82, 2.24) is 20.2 Å². The van der Waals surface area contributed by atoms with Crippen molar-refractivity contribution in [3.8, 4) is 17.6 Å². The molecule has 2 rings (SSSR count). The smallest absolute Gasteiger partial charge is 0.189 e. The molecule has 2 aromatic rings. The van der Waals surface area contributed by atoms with Crippen LogP contribution in [0.2, 0.25) is 0 Å². The Morgan fingerprint density at radius 3 is 2.90 bits per heavy atom. The van der Waals surface area contributed by atoms with Crippen LogP contribution >= 0.6 is 0 Å². The van der Waals surface area contributed by atoms with Gasteiger partial charge in [-0.2, -0.15) is 5.26 Å². The fourth-order valence-electron chi connectivity index (χ4n) is 1.71. The van der Waals surface area contributed by atoms with Crippen molar-refractivity contribution in [3.05, 3.63) is 29.6 Å². The lowest BCUT2D eigenvalue weighted by molar-refractivity contribution is 0.269. The molecule has 0 atom stereocenters. The van der Waals surface area contributed by atoms with E-state index in [1.807, 2.05) is 0 Å². The van der Waals surface area contributed by atoms with Crippen LogP contribution < -0.4 is 9.47 Å². The SMILES string of the molecule is CCCn1nnnc1COc1ccc(C#N)cc1OC. The van der Waals surface area contributed by atoms with Crippen molar-refractivity contribution in [2.75, 3.05) is 7.11 Å². The number of hydrogen-bond donors (Lipinski definition) is 0. The van der Waals surface area contributed by atoms with Gasteiger partial charge < -0.3 is 9.47 Å². The van der Waals surface area contributed by atoms with E-state index >= 15 is 0 Å². The van der Waals surface area contributed by atoms with Gasteiger partial charge in [0, 0.05) is 12.6 Å². The van der Waals surface area contributed by atoms with Crippen LogP contribution in [0.4, 0.5) is 0 Å². The third-order valence-electron chi connectivity index (χ3n) is 2.69. The Kier molecular flexibility index (Phi) is 4.50. The molecule has 0 N–H and O–H groups in total. The number of ether oxygens (including phenoxy) is 2. The van der Waals surface area contributed by atoms with Gasteiger partial charge in [0.2, 0.25) is 0 Å². The van der Waals surface area contributed by atoms with E-state index in [1.165, 1.54) is 7.11 Å². The average molecular weight is 273 g/mol. The first kappa shape index (κ1) is 13.8. The zero-order valence-corrected chi connectivity index (χ0v) is 11.4. The van der Waals surface area contributed by atoms with Crippen molar-refractivity contribution < 1.29 is 9.47 Å². The number of hydrogen-bond acceptors (Lipinski definition) is 6. The Hall–Kier alpha value is -2.62. The number of nitrogens with zero attached hydrogens (tertiary/aromatic N) is 5.